The molecule has 0 bridgehead atoms. The molecule has 5 nitrogen and oxygen atoms in total. The zero-order valence-corrected chi connectivity index (χ0v) is 16.1. The maximum Gasteiger partial charge on any atom is 0.344 e. The second kappa shape index (κ2) is 11.3. The smallest absolute Gasteiger partial charge is 0.344 e. The number of carbonyl (C=O) groups excluding carboxylic acids is 2. The molecule has 1 heterocycles. The Balaban J connectivity index is 1.61. The topological polar surface area (TPSA) is 64.6 Å². The molecule has 138 valence electrons. The molecular formula is C18H25NO4S2. The molecule has 1 N–H and O–H groups in total. The van der Waals surface area contributed by atoms with Gasteiger partial charge in [-0.2, -0.15) is 0 Å². The lowest BCUT2D eigenvalue weighted by molar-refractivity contribution is -0.150. The summed E-state index contributed by atoms with van der Waals surface area (Å²) in [6.07, 6.45) is 3.11. The minimum absolute atomic E-state index is 0.199. The third kappa shape index (κ3) is 7.61. The third-order valence-electron chi connectivity index (χ3n) is 3.60. The maximum atomic E-state index is 11.6. The molecular weight excluding hydrogens is 358 g/mol. The van der Waals surface area contributed by atoms with Gasteiger partial charge in [-0.15, -0.1) is 23.5 Å². The lowest BCUT2D eigenvalue weighted by Gasteiger charge is -2.10. The van der Waals surface area contributed by atoms with Gasteiger partial charge < -0.3 is 14.8 Å². The molecule has 0 saturated carbocycles. The number of amides is 1. The summed E-state index contributed by atoms with van der Waals surface area (Å²) in [5.41, 5.74) is 1.27. The number of ether oxygens (including phenoxy) is 2. The van der Waals surface area contributed by atoms with Crippen molar-refractivity contribution in [2.75, 3.05) is 31.3 Å². The molecule has 2 rings (SSSR count). The van der Waals surface area contributed by atoms with E-state index in [4.69, 9.17) is 9.47 Å². The summed E-state index contributed by atoms with van der Waals surface area (Å²) in [6, 6.07) is 7.78. The Bertz CT molecular complexity index is 545. The third-order valence-corrected chi connectivity index (χ3v) is 6.70. The van der Waals surface area contributed by atoms with E-state index in [1.165, 1.54) is 17.1 Å². The average molecular weight is 384 g/mol. The number of nitrogens with one attached hydrogen (secondary N) is 1. The van der Waals surface area contributed by atoms with E-state index in [2.05, 4.69) is 12.2 Å². The van der Waals surface area contributed by atoms with Crippen molar-refractivity contribution < 1.29 is 19.1 Å². The molecule has 1 amide bonds. The van der Waals surface area contributed by atoms with E-state index in [1.54, 1.807) is 0 Å². The van der Waals surface area contributed by atoms with Crippen molar-refractivity contribution in [3.8, 4) is 5.75 Å². The second-order valence-electron chi connectivity index (χ2n) is 5.65. The molecule has 1 aromatic rings. The summed E-state index contributed by atoms with van der Waals surface area (Å²) in [4.78, 5) is 23.2. The van der Waals surface area contributed by atoms with E-state index in [9.17, 15) is 9.59 Å². The minimum atomic E-state index is -0.547. The van der Waals surface area contributed by atoms with Crippen LogP contribution < -0.4 is 10.1 Å². The first-order valence-corrected chi connectivity index (χ1v) is 10.7. The van der Waals surface area contributed by atoms with Crippen molar-refractivity contribution in [1.29, 1.82) is 0 Å². The van der Waals surface area contributed by atoms with Crippen LogP contribution in [-0.4, -0.2) is 43.1 Å². The van der Waals surface area contributed by atoms with Crippen molar-refractivity contribution >= 4 is 35.4 Å². The molecule has 0 spiro atoms. The van der Waals surface area contributed by atoms with Gasteiger partial charge in [0.05, 0.1) is 4.58 Å². The van der Waals surface area contributed by atoms with Crippen molar-refractivity contribution in [3.63, 3.8) is 0 Å². The van der Waals surface area contributed by atoms with Crippen LogP contribution >= 0.6 is 23.5 Å². The first-order valence-electron chi connectivity index (χ1n) is 8.57. The summed E-state index contributed by atoms with van der Waals surface area (Å²) < 4.78 is 10.8. The number of carbonyl (C=O) groups is 2. The molecule has 1 fully saturated rings. The highest BCUT2D eigenvalue weighted by Gasteiger charge is 2.18. The van der Waals surface area contributed by atoms with E-state index in [-0.39, 0.29) is 19.1 Å². The molecule has 1 aliphatic heterocycles. The largest absolute Gasteiger partial charge is 0.482 e. The van der Waals surface area contributed by atoms with Crippen molar-refractivity contribution in [1.82, 2.24) is 5.32 Å². The molecule has 0 atom stereocenters. The van der Waals surface area contributed by atoms with Gasteiger partial charge in [0.1, 0.15) is 5.75 Å². The quantitative estimate of drug-likeness (QED) is 0.493. The van der Waals surface area contributed by atoms with Gasteiger partial charge in [0.25, 0.3) is 5.91 Å². The molecule has 1 aromatic carbocycles. The summed E-state index contributed by atoms with van der Waals surface area (Å²) in [5.74, 6) is 2.17. The SMILES string of the molecule is CCCCCNC(=O)COC(=O)COc1ccc(C2SCCS2)cc1. The van der Waals surface area contributed by atoms with Gasteiger partial charge in [0.15, 0.2) is 13.2 Å². The van der Waals surface area contributed by atoms with Crippen molar-refractivity contribution in [3.05, 3.63) is 29.8 Å². The Hall–Kier alpha value is -1.34. The van der Waals surface area contributed by atoms with Crippen LogP contribution in [0.15, 0.2) is 24.3 Å². The summed E-state index contributed by atoms with van der Waals surface area (Å²) >= 11 is 3.89. The predicted molar refractivity (Wildman–Crippen MR) is 103 cm³/mol. The minimum Gasteiger partial charge on any atom is -0.482 e. The molecule has 0 aromatic heterocycles. The fraction of sp³-hybridized carbons (Fsp3) is 0.556. The van der Waals surface area contributed by atoms with Crippen LogP contribution in [0.4, 0.5) is 0 Å². The van der Waals surface area contributed by atoms with E-state index >= 15 is 0 Å². The van der Waals surface area contributed by atoms with Crippen LogP contribution in [0, 0.1) is 0 Å². The molecule has 25 heavy (non-hydrogen) atoms. The maximum absolute atomic E-state index is 11.6. The number of thioether (sulfide) groups is 2. The van der Waals surface area contributed by atoms with E-state index in [0.29, 0.717) is 16.9 Å². The molecule has 1 saturated heterocycles. The van der Waals surface area contributed by atoms with Crippen LogP contribution in [0.5, 0.6) is 5.75 Å². The van der Waals surface area contributed by atoms with Gasteiger partial charge in [-0.1, -0.05) is 31.9 Å². The van der Waals surface area contributed by atoms with Gasteiger partial charge in [-0.25, -0.2) is 4.79 Å². The number of hydrogen-bond acceptors (Lipinski definition) is 6. The van der Waals surface area contributed by atoms with Gasteiger partial charge in [0, 0.05) is 18.1 Å². The van der Waals surface area contributed by atoms with Gasteiger partial charge in [0.2, 0.25) is 0 Å². The number of rotatable bonds is 10. The monoisotopic (exact) mass is 383 g/mol. The normalized spacial score (nSPS) is 14.3. The van der Waals surface area contributed by atoms with Crippen LogP contribution in [-0.2, 0) is 14.3 Å². The van der Waals surface area contributed by atoms with Gasteiger partial charge in [-0.3, -0.25) is 4.79 Å². The highest BCUT2D eigenvalue weighted by atomic mass is 32.2. The Morgan fingerprint density at radius 1 is 1.12 bits per heavy atom. The molecule has 0 radical (unpaired) electrons. The zero-order chi connectivity index (χ0) is 17.9. The first-order chi connectivity index (χ1) is 12.2. The Kier molecular flexibility index (Phi) is 9.04. The summed E-state index contributed by atoms with van der Waals surface area (Å²) in [7, 11) is 0. The second-order valence-corrected chi connectivity index (χ2v) is 8.37. The van der Waals surface area contributed by atoms with Crippen molar-refractivity contribution in [2.24, 2.45) is 0 Å². The summed E-state index contributed by atoms with van der Waals surface area (Å²) in [6.45, 7) is 2.26. The van der Waals surface area contributed by atoms with Crippen LogP contribution in [0.25, 0.3) is 0 Å². The number of unbranched alkanes of at least 4 members (excludes halogenated alkanes) is 2. The predicted octanol–water partition coefficient (Wildman–Crippen LogP) is 3.39. The van der Waals surface area contributed by atoms with Gasteiger partial charge in [-0.05, 0) is 24.1 Å². The van der Waals surface area contributed by atoms with Gasteiger partial charge >= 0.3 is 5.97 Å². The number of benzene rings is 1. The highest BCUT2D eigenvalue weighted by molar-refractivity contribution is 8.19. The van der Waals surface area contributed by atoms with Crippen molar-refractivity contribution in [2.45, 2.75) is 30.8 Å². The van der Waals surface area contributed by atoms with E-state index < -0.39 is 5.97 Å². The number of esters is 1. The molecule has 1 aliphatic rings. The Morgan fingerprint density at radius 2 is 1.84 bits per heavy atom. The fourth-order valence-corrected chi connectivity index (χ4v) is 5.12. The van der Waals surface area contributed by atoms with Crippen LogP contribution in [0.2, 0.25) is 0 Å². The zero-order valence-electron chi connectivity index (χ0n) is 14.5. The first kappa shape index (κ1) is 20.0. The van der Waals surface area contributed by atoms with E-state index in [0.717, 1.165) is 19.3 Å². The average Bonchev–Trinajstić information content (AvgIpc) is 3.17. The molecule has 0 aliphatic carbocycles. The molecule has 7 heteroatoms. The van der Waals surface area contributed by atoms with E-state index in [1.807, 2.05) is 47.8 Å². The lowest BCUT2D eigenvalue weighted by Crippen LogP contribution is -2.30. The fourth-order valence-electron chi connectivity index (χ4n) is 2.26. The molecule has 0 unspecified atom stereocenters. The van der Waals surface area contributed by atoms with Crippen LogP contribution in [0.1, 0.15) is 36.3 Å². The Morgan fingerprint density at radius 3 is 2.52 bits per heavy atom. The standard InChI is InChI=1S/C18H25NO4S2/c1-2-3-4-9-19-16(20)12-23-17(21)13-22-15-7-5-14(6-8-15)18-24-10-11-25-18/h5-8,18H,2-4,9-13H2,1H3,(H,19,20). The summed E-state index contributed by atoms with van der Waals surface area (Å²) in [5, 5.41) is 2.72. The lowest BCUT2D eigenvalue weighted by atomic mass is 10.2. The Labute approximate surface area is 157 Å². The number of hydrogen-bond donors (Lipinski definition) is 1. The highest BCUT2D eigenvalue weighted by Crippen LogP contribution is 2.45. The van der Waals surface area contributed by atoms with Crippen LogP contribution in [0.3, 0.4) is 0 Å².